The van der Waals surface area contributed by atoms with E-state index in [1.54, 1.807) is 17.5 Å². The van der Waals surface area contributed by atoms with E-state index >= 15 is 0 Å². The van der Waals surface area contributed by atoms with Gasteiger partial charge in [0.2, 0.25) is 0 Å². The van der Waals surface area contributed by atoms with Crippen molar-refractivity contribution in [2.75, 3.05) is 0 Å². The van der Waals surface area contributed by atoms with Gasteiger partial charge in [0.25, 0.3) is 0 Å². The van der Waals surface area contributed by atoms with E-state index in [2.05, 4.69) is 11.6 Å². The zero-order valence-electron chi connectivity index (χ0n) is 12.1. The van der Waals surface area contributed by atoms with Crippen molar-refractivity contribution in [2.45, 2.75) is 0 Å². The van der Waals surface area contributed by atoms with Crippen molar-refractivity contribution >= 4 is 37.2 Å². The van der Waals surface area contributed by atoms with Crippen LogP contribution in [0.25, 0.3) is 20.2 Å². The van der Waals surface area contributed by atoms with Crippen molar-refractivity contribution in [3.8, 4) is 0 Å². The summed E-state index contributed by atoms with van der Waals surface area (Å²) in [6.07, 6.45) is 4.85. The Hall–Kier alpha value is -2.26. The van der Waals surface area contributed by atoms with Gasteiger partial charge in [0.05, 0.1) is 8.45 Å². The third-order valence-electron chi connectivity index (χ3n) is 2.87. The molecule has 0 spiro atoms. The van der Waals surface area contributed by atoms with E-state index in [0.29, 0.717) is 5.56 Å². The molecule has 2 heterocycles. The van der Waals surface area contributed by atoms with Crippen LogP contribution in [0.4, 0.5) is 0 Å². The van der Waals surface area contributed by atoms with Crippen LogP contribution in [0.15, 0.2) is 61.4 Å². The summed E-state index contributed by atoms with van der Waals surface area (Å²) in [7, 11) is 0. The largest absolute Gasteiger partial charge is 0.300 e. The first kappa shape index (κ1) is 9.64. The second-order valence-electron chi connectivity index (χ2n) is 4.00. The summed E-state index contributed by atoms with van der Waals surface area (Å²) in [6.45, 7) is 3.49. The summed E-state index contributed by atoms with van der Waals surface area (Å²) in [5.74, 6) is 0. The van der Waals surface area contributed by atoms with Gasteiger partial charge in [-0.15, -0.1) is 11.3 Å². The minimum absolute atomic E-state index is 0.0419. The third kappa shape index (κ3) is 1.98. The number of pyridine rings is 1. The smallest absolute Gasteiger partial charge is 0.0645 e. The second-order valence-corrected chi connectivity index (χ2v) is 5.06. The molecule has 0 unspecified atom stereocenters. The lowest BCUT2D eigenvalue weighted by Crippen LogP contribution is -1.93. The first-order valence-electron chi connectivity index (χ1n) is 6.78. The maximum atomic E-state index is 8.20. The third-order valence-corrected chi connectivity index (χ3v) is 4.09. The fourth-order valence-electron chi connectivity index (χ4n) is 2.03. The van der Waals surface area contributed by atoms with Crippen LogP contribution < -0.4 is 0 Å². The first-order valence-corrected chi connectivity index (χ1v) is 6.59. The molecule has 0 aliphatic heterocycles. The van der Waals surface area contributed by atoms with Gasteiger partial charge in [0.1, 0.15) is 0 Å². The van der Waals surface area contributed by atoms with Crippen LogP contribution in [-0.2, 0) is 0 Å². The molecule has 92 valence electrons. The molecule has 3 aromatic rings. The number of thiophene rings is 1. The van der Waals surface area contributed by atoms with E-state index < -0.39 is 0 Å². The molecular weight excluding hydrogens is 252 g/mol. The molecule has 3 heteroatoms. The van der Waals surface area contributed by atoms with Crippen LogP contribution in [-0.4, -0.2) is 10.7 Å². The van der Waals surface area contributed by atoms with Crippen molar-refractivity contribution in [1.29, 1.82) is 5.41 Å². The number of benzene rings is 1. The van der Waals surface area contributed by atoms with Crippen molar-refractivity contribution in [1.82, 2.24) is 4.98 Å². The van der Waals surface area contributed by atoms with Crippen LogP contribution in [0.5, 0.6) is 0 Å². The molecule has 0 aliphatic carbocycles. The monoisotopic (exact) mass is 266 g/mol. The van der Waals surface area contributed by atoms with Crippen LogP contribution >= 0.6 is 11.3 Å². The Bertz CT molecular complexity index is 909. The molecule has 0 atom stereocenters. The Morgan fingerprint density at radius 2 is 2.26 bits per heavy atom. The van der Waals surface area contributed by atoms with E-state index in [1.807, 2.05) is 30.5 Å². The van der Waals surface area contributed by atoms with Gasteiger partial charge in [-0.05, 0) is 12.1 Å². The Labute approximate surface area is 118 Å². The maximum Gasteiger partial charge on any atom is 0.0645 e. The highest BCUT2D eigenvalue weighted by molar-refractivity contribution is 7.26. The van der Waals surface area contributed by atoms with Gasteiger partial charge in [-0.3, -0.25) is 4.98 Å². The fraction of sp³-hybridized carbons (Fsp3) is 0. The number of hydrogen-bond acceptors (Lipinski definition) is 3. The summed E-state index contributed by atoms with van der Waals surface area (Å²) in [5, 5.41) is 10.3. The molecule has 2 nitrogen and oxygen atoms in total. The van der Waals surface area contributed by atoms with Crippen LogP contribution in [0.1, 0.15) is 8.30 Å². The van der Waals surface area contributed by atoms with E-state index in [9.17, 15) is 0 Å². The lowest BCUT2D eigenvalue weighted by Gasteiger charge is -2.00. The number of nitrogens with one attached hydrogen (secondary N) is 1. The molecule has 0 saturated carbocycles. The second kappa shape index (κ2) is 4.78. The van der Waals surface area contributed by atoms with Gasteiger partial charge in [0, 0.05) is 38.1 Å². The van der Waals surface area contributed by atoms with Crippen LogP contribution in [0.2, 0.25) is 0 Å². The number of fused-ring (bicyclic) bond motifs is 3. The zero-order chi connectivity index (χ0) is 15.0. The normalized spacial score (nSPS) is 13.9. The molecule has 0 radical (unpaired) electrons. The van der Waals surface area contributed by atoms with Crippen LogP contribution in [0, 0.1) is 5.41 Å². The Morgan fingerprint density at radius 1 is 1.37 bits per heavy atom. The first-order chi connectivity index (χ1) is 10.1. The fourth-order valence-corrected chi connectivity index (χ4v) is 3.22. The van der Waals surface area contributed by atoms with E-state index in [-0.39, 0.29) is 17.8 Å². The minimum Gasteiger partial charge on any atom is -0.300 e. The van der Waals surface area contributed by atoms with Gasteiger partial charge in [-0.25, -0.2) is 0 Å². The summed E-state index contributed by atoms with van der Waals surface area (Å²) in [5.41, 5.74) is 0.718. The van der Waals surface area contributed by atoms with Gasteiger partial charge < -0.3 is 5.41 Å². The van der Waals surface area contributed by atoms with E-state index in [4.69, 9.17) is 8.15 Å². The number of hydrogen-bond donors (Lipinski definition) is 1. The topological polar surface area (TPSA) is 36.7 Å². The Morgan fingerprint density at radius 3 is 3.11 bits per heavy atom. The Kier molecular flexibility index (Phi) is 2.43. The molecule has 19 heavy (non-hydrogen) atoms. The molecule has 3 rings (SSSR count). The van der Waals surface area contributed by atoms with Gasteiger partial charge >= 0.3 is 0 Å². The van der Waals surface area contributed by atoms with Gasteiger partial charge in [-0.1, -0.05) is 36.9 Å². The number of allylic oxidation sites excluding steroid dienone is 3. The van der Waals surface area contributed by atoms with Crippen molar-refractivity contribution in [3.63, 3.8) is 0 Å². The summed E-state index contributed by atoms with van der Waals surface area (Å²) < 4.78 is 17.6. The quantitative estimate of drug-likeness (QED) is 0.547. The van der Waals surface area contributed by atoms with Crippen LogP contribution in [0.3, 0.4) is 0 Å². The highest BCUT2D eigenvalue weighted by atomic mass is 32.1. The van der Waals surface area contributed by atoms with Crippen molar-refractivity contribution in [2.24, 2.45) is 0 Å². The predicted octanol–water partition coefficient (Wildman–Crippen LogP) is 4.56. The summed E-state index contributed by atoms with van der Waals surface area (Å²) in [4.78, 5) is 4.15. The lowest BCUT2D eigenvalue weighted by atomic mass is 10.1. The predicted molar refractivity (Wildman–Crippen MR) is 83.3 cm³/mol. The summed E-state index contributed by atoms with van der Waals surface area (Å²) >= 11 is 1.58. The minimum atomic E-state index is -0.118. The van der Waals surface area contributed by atoms with Gasteiger partial charge in [0.15, 0.2) is 0 Å². The Balaban J connectivity index is 2.29. The van der Waals surface area contributed by atoms with Crippen molar-refractivity contribution < 1.29 is 2.74 Å². The van der Waals surface area contributed by atoms with Gasteiger partial charge in [-0.2, -0.15) is 0 Å². The molecule has 0 fully saturated rings. The average Bonchev–Trinajstić information content (AvgIpc) is 2.91. The average molecular weight is 266 g/mol. The summed E-state index contributed by atoms with van der Waals surface area (Å²) in [6, 6.07) is 7.47. The molecule has 0 saturated heterocycles. The molecule has 2 aromatic heterocycles. The lowest BCUT2D eigenvalue weighted by molar-refractivity contribution is 1.37. The number of rotatable bonds is 3. The molecule has 1 aromatic carbocycles. The highest BCUT2D eigenvalue weighted by Gasteiger charge is 2.10. The number of aromatic nitrogens is 1. The molecule has 0 amide bonds. The standard InChI is InChI=1S/C16H12N2S/c1-2-3-7-14(17)12-6-4-5-11-13-10-18-9-8-15(13)19-16(11)12/h2-10,17H,1H2/b7-3-,17-14?/i3D,7D. The highest BCUT2D eigenvalue weighted by Crippen LogP contribution is 2.35. The molecular formula is C16H12N2S. The van der Waals surface area contributed by atoms with E-state index in [1.165, 1.54) is 6.08 Å². The van der Waals surface area contributed by atoms with E-state index in [0.717, 1.165) is 20.2 Å². The molecule has 1 N–H and O–H groups in total. The maximum absolute atomic E-state index is 8.20. The number of nitrogens with zero attached hydrogens (tertiary/aromatic N) is 1. The van der Waals surface area contributed by atoms with Crippen molar-refractivity contribution in [3.05, 3.63) is 67.0 Å². The molecule has 0 bridgehead atoms. The SMILES string of the molecule is [2H]/C(C=C)=C(\[2H])C(=N)c1cccc2c1sc1ccncc12. The zero-order valence-corrected chi connectivity index (χ0v) is 10.9. The molecule has 0 aliphatic rings.